The van der Waals surface area contributed by atoms with Crippen LogP contribution in [-0.2, 0) is 9.53 Å². The molecule has 6 nitrogen and oxygen atoms in total. The van der Waals surface area contributed by atoms with E-state index in [2.05, 4.69) is 22.5 Å². The van der Waals surface area contributed by atoms with Crippen LogP contribution in [0.1, 0.15) is 35.3 Å². The van der Waals surface area contributed by atoms with Crippen LogP contribution in [0, 0.1) is 11.7 Å². The lowest BCUT2D eigenvalue weighted by atomic mass is 10.1. The van der Waals surface area contributed by atoms with E-state index in [1.807, 2.05) is 42.5 Å². The Balaban J connectivity index is 1.41. The molecule has 1 heterocycles. The zero-order valence-electron chi connectivity index (χ0n) is 19.1. The smallest absolute Gasteiger partial charge is 0.358 e. The van der Waals surface area contributed by atoms with Crippen molar-refractivity contribution in [3.63, 3.8) is 0 Å². The van der Waals surface area contributed by atoms with Crippen LogP contribution in [0.3, 0.4) is 0 Å². The van der Waals surface area contributed by atoms with Gasteiger partial charge in [-0.05, 0) is 67.3 Å². The number of amides is 1. The number of esters is 1. The number of carbonyl (C=O) groups excluding carboxylic acids is 2. The quantitative estimate of drug-likeness (QED) is 0.358. The normalized spacial score (nSPS) is 16.5. The lowest BCUT2D eigenvalue weighted by Crippen LogP contribution is -2.14. The number of nitrogens with one attached hydrogen (secondary N) is 1. The van der Waals surface area contributed by atoms with Crippen molar-refractivity contribution in [2.75, 3.05) is 11.9 Å². The largest absolute Gasteiger partial charge is 0.461 e. The summed E-state index contributed by atoms with van der Waals surface area (Å²) in [5.41, 5.74) is 3.92. The highest BCUT2D eigenvalue weighted by Gasteiger charge is 2.43. The molecule has 1 amide bonds. The summed E-state index contributed by atoms with van der Waals surface area (Å²) in [5.74, 6) is -0.741. The molecular formula is C28H24FN3O3. The molecule has 1 aliphatic rings. The monoisotopic (exact) mass is 469 g/mol. The number of halogens is 1. The minimum atomic E-state index is -0.542. The van der Waals surface area contributed by atoms with Crippen molar-refractivity contribution in [3.05, 3.63) is 102 Å². The fraction of sp³-hybridized carbons (Fsp3) is 0.179. The minimum absolute atomic E-state index is 0.0183. The van der Waals surface area contributed by atoms with Gasteiger partial charge in [0, 0.05) is 17.2 Å². The lowest BCUT2D eigenvalue weighted by molar-refractivity contribution is -0.117. The standard InChI is InChI=1S/C28H24FN3O3/c1-2-35-28(34)25-17-26(32(31-25)22-13-11-20(29)12-14-22)19-9-6-10-21(15-19)30-27(33)24-16-23(24)18-7-4-3-5-8-18/h3-15,17,23-24H,2,16H2,1H3,(H,30,33)/t23-,24+/m0/s1. The average Bonchev–Trinajstić information content (AvgIpc) is 3.56. The van der Waals surface area contributed by atoms with Crippen molar-refractivity contribution < 1.29 is 18.7 Å². The van der Waals surface area contributed by atoms with Gasteiger partial charge in [0.05, 0.1) is 18.0 Å². The summed E-state index contributed by atoms with van der Waals surface area (Å²) < 4.78 is 20.2. The Hall–Kier alpha value is -4.26. The van der Waals surface area contributed by atoms with E-state index in [1.54, 1.807) is 29.8 Å². The molecule has 176 valence electrons. The van der Waals surface area contributed by atoms with Crippen molar-refractivity contribution in [3.8, 4) is 16.9 Å². The van der Waals surface area contributed by atoms with Gasteiger partial charge in [-0.3, -0.25) is 4.79 Å². The number of aromatic nitrogens is 2. The molecule has 4 aromatic rings. The van der Waals surface area contributed by atoms with Crippen LogP contribution in [0.5, 0.6) is 0 Å². The number of nitrogens with zero attached hydrogens (tertiary/aromatic N) is 2. The van der Waals surface area contributed by atoms with Gasteiger partial charge in [0.2, 0.25) is 5.91 Å². The molecular weight excluding hydrogens is 445 g/mol. The van der Waals surface area contributed by atoms with Gasteiger partial charge in [-0.15, -0.1) is 0 Å². The Bertz CT molecular complexity index is 1370. The summed E-state index contributed by atoms with van der Waals surface area (Å²) in [7, 11) is 0. The molecule has 0 radical (unpaired) electrons. The fourth-order valence-electron chi connectivity index (χ4n) is 4.22. The highest BCUT2D eigenvalue weighted by molar-refractivity contribution is 5.96. The van der Waals surface area contributed by atoms with Crippen LogP contribution in [0.2, 0.25) is 0 Å². The predicted octanol–water partition coefficient (Wildman–Crippen LogP) is 5.60. The zero-order chi connectivity index (χ0) is 24.4. The Morgan fingerprint density at radius 1 is 1.03 bits per heavy atom. The van der Waals surface area contributed by atoms with E-state index in [1.165, 1.54) is 17.7 Å². The maximum atomic E-state index is 13.5. The second-order valence-corrected chi connectivity index (χ2v) is 8.45. The highest BCUT2D eigenvalue weighted by atomic mass is 19.1. The molecule has 7 heteroatoms. The maximum absolute atomic E-state index is 13.5. The van der Waals surface area contributed by atoms with E-state index in [-0.39, 0.29) is 35.9 Å². The summed E-state index contributed by atoms with van der Waals surface area (Å²) >= 11 is 0. The van der Waals surface area contributed by atoms with E-state index >= 15 is 0 Å². The third kappa shape index (κ3) is 4.84. The van der Waals surface area contributed by atoms with Gasteiger partial charge in [0.25, 0.3) is 0 Å². The molecule has 1 aliphatic carbocycles. The third-order valence-corrected chi connectivity index (χ3v) is 6.05. The predicted molar refractivity (Wildman–Crippen MR) is 131 cm³/mol. The first-order valence-corrected chi connectivity index (χ1v) is 11.5. The second-order valence-electron chi connectivity index (χ2n) is 8.45. The number of ether oxygens (including phenoxy) is 1. The zero-order valence-corrected chi connectivity index (χ0v) is 19.1. The molecule has 0 spiro atoms. The first-order chi connectivity index (χ1) is 17.0. The van der Waals surface area contributed by atoms with Crippen molar-refractivity contribution in [1.29, 1.82) is 0 Å². The SMILES string of the molecule is CCOC(=O)c1cc(-c2cccc(NC(=O)[C@@H]3C[C@H]3c3ccccc3)c2)n(-c2ccc(F)cc2)n1. The van der Waals surface area contributed by atoms with Crippen LogP contribution < -0.4 is 5.32 Å². The molecule has 1 aromatic heterocycles. The molecule has 1 N–H and O–H groups in total. The molecule has 0 aliphatic heterocycles. The highest BCUT2D eigenvalue weighted by Crippen LogP contribution is 2.48. The van der Waals surface area contributed by atoms with Crippen LogP contribution in [0.4, 0.5) is 10.1 Å². The minimum Gasteiger partial charge on any atom is -0.461 e. The van der Waals surface area contributed by atoms with Gasteiger partial charge in [-0.25, -0.2) is 13.9 Å². The lowest BCUT2D eigenvalue weighted by Gasteiger charge is -2.10. The Morgan fingerprint density at radius 3 is 2.54 bits per heavy atom. The number of carbonyl (C=O) groups is 2. The van der Waals surface area contributed by atoms with E-state index in [0.717, 1.165) is 12.0 Å². The summed E-state index contributed by atoms with van der Waals surface area (Å²) in [5, 5.41) is 7.43. The Labute approximate surface area is 202 Å². The number of hydrogen-bond donors (Lipinski definition) is 1. The Kier molecular flexibility index (Phi) is 6.14. The third-order valence-electron chi connectivity index (χ3n) is 6.05. The maximum Gasteiger partial charge on any atom is 0.358 e. The van der Waals surface area contributed by atoms with E-state index < -0.39 is 5.97 Å². The second kappa shape index (κ2) is 9.54. The Morgan fingerprint density at radius 2 is 1.80 bits per heavy atom. The molecule has 0 unspecified atom stereocenters. The average molecular weight is 470 g/mol. The molecule has 1 fully saturated rings. The van der Waals surface area contributed by atoms with Crippen molar-refractivity contribution in [2.45, 2.75) is 19.3 Å². The number of rotatable bonds is 7. The molecule has 0 saturated heterocycles. The van der Waals surface area contributed by atoms with Gasteiger partial charge in [-0.1, -0.05) is 42.5 Å². The first kappa shape index (κ1) is 22.5. The van der Waals surface area contributed by atoms with Gasteiger partial charge in [0.15, 0.2) is 5.69 Å². The molecule has 3 aromatic carbocycles. The number of hydrogen-bond acceptors (Lipinski definition) is 4. The van der Waals surface area contributed by atoms with Gasteiger partial charge in [-0.2, -0.15) is 5.10 Å². The number of benzene rings is 3. The summed E-state index contributed by atoms with van der Waals surface area (Å²) in [4.78, 5) is 25.2. The van der Waals surface area contributed by atoms with Crippen LogP contribution >= 0.6 is 0 Å². The topological polar surface area (TPSA) is 73.2 Å². The fourth-order valence-corrected chi connectivity index (χ4v) is 4.22. The number of anilines is 1. The first-order valence-electron chi connectivity index (χ1n) is 11.5. The summed E-state index contributed by atoms with van der Waals surface area (Å²) in [6, 6.07) is 24.9. The van der Waals surface area contributed by atoms with Gasteiger partial charge >= 0.3 is 5.97 Å². The summed E-state index contributed by atoms with van der Waals surface area (Å²) in [6.45, 7) is 1.95. The molecule has 1 saturated carbocycles. The van der Waals surface area contributed by atoms with Crippen molar-refractivity contribution in [2.24, 2.45) is 5.92 Å². The van der Waals surface area contributed by atoms with Crippen LogP contribution in [0.25, 0.3) is 16.9 Å². The van der Waals surface area contributed by atoms with E-state index in [0.29, 0.717) is 17.1 Å². The van der Waals surface area contributed by atoms with Crippen molar-refractivity contribution >= 4 is 17.6 Å². The summed E-state index contributed by atoms with van der Waals surface area (Å²) in [6.07, 6.45) is 0.829. The van der Waals surface area contributed by atoms with Crippen molar-refractivity contribution in [1.82, 2.24) is 9.78 Å². The molecule has 5 rings (SSSR count). The van der Waals surface area contributed by atoms with Gasteiger partial charge in [0.1, 0.15) is 5.82 Å². The van der Waals surface area contributed by atoms with Crippen LogP contribution in [0.15, 0.2) is 84.9 Å². The van der Waals surface area contributed by atoms with Crippen LogP contribution in [-0.4, -0.2) is 28.3 Å². The van der Waals surface area contributed by atoms with Gasteiger partial charge < -0.3 is 10.1 Å². The van der Waals surface area contributed by atoms with E-state index in [9.17, 15) is 14.0 Å². The van der Waals surface area contributed by atoms with E-state index in [4.69, 9.17) is 4.74 Å². The molecule has 0 bridgehead atoms. The molecule has 2 atom stereocenters. The molecule has 35 heavy (non-hydrogen) atoms.